The highest BCUT2D eigenvalue weighted by atomic mass is 35.5. The number of H-pyrrole nitrogens is 1. The van der Waals surface area contributed by atoms with E-state index in [0.29, 0.717) is 11.4 Å². The monoisotopic (exact) mass is 697 g/mol. The SMILES string of the molecule is O=P(O)(O)C(F)(F)c1ccc(CN(Cc2ccc(-c3cccc(-c4nn[nH]n4)c3)cc2)S(=O)(=O)c2ccc(F)cc2Cl)cc1Cl. The first kappa shape index (κ1) is 32.8. The fourth-order valence-corrected chi connectivity index (χ4v) is 7.26. The molecular weight excluding hydrogens is 677 g/mol. The normalized spacial score (nSPS) is 12.5. The molecule has 0 atom stereocenters. The van der Waals surface area contributed by atoms with Gasteiger partial charge in [0, 0.05) is 18.7 Å². The van der Waals surface area contributed by atoms with E-state index in [2.05, 4.69) is 20.6 Å². The molecule has 0 saturated heterocycles. The summed E-state index contributed by atoms with van der Waals surface area (Å²) >= 11 is 12.1. The Kier molecular flexibility index (Phi) is 9.20. The number of halogens is 5. The summed E-state index contributed by atoms with van der Waals surface area (Å²) in [5.74, 6) is -0.342. The van der Waals surface area contributed by atoms with Crippen LogP contribution in [0.1, 0.15) is 16.7 Å². The van der Waals surface area contributed by atoms with Crippen molar-refractivity contribution in [2.75, 3.05) is 0 Å². The van der Waals surface area contributed by atoms with Gasteiger partial charge in [0.25, 0.3) is 0 Å². The lowest BCUT2D eigenvalue weighted by atomic mass is 10.0. The van der Waals surface area contributed by atoms with Crippen molar-refractivity contribution in [1.29, 1.82) is 0 Å². The van der Waals surface area contributed by atoms with Gasteiger partial charge in [-0.25, -0.2) is 12.8 Å². The topological polar surface area (TPSA) is 149 Å². The van der Waals surface area contributed by atoms with E-state index >= 15 is 0 Å². The lowest BCUT2D eigenvalue weighted by molar-refractivity contribution is 0.0565. The second-order valence-corrected chi connectivity index (χ2v) is 14.1. The van der Waals surface area contributed by atoms with E-state index in [-0.39, 0.29) is 17.1 Å². The average molecular weight is 698 g/mol. The Morgan fingerprint density at radius 1 is 0.844 bits per heavy atom. The average Bonchev–Trinajstić information content (AvgIpc) is 3.52. The third kappa shape index (κ3) is 6.97. The van der Waals surface area contributed by atoms with Gasteiger partial charge < -0.3 is 9.79 Å². The van der Waals surface area contributed by atoms with E-state index in [1.165, 1.54) is 0 Å². The molecule has 0 radical (unpaired) electrons. The van der Waals surface area contributed by atoms with E-state index < -0.39 is 51.1 Å². The van der Waals surface area contributed by atoms with Crippen molar-refractivity contribution < 1.29 is 35.9 Å². The minimum atomic E-state index is -5.90. The smallest absolute Gasteiger partial charge is 0.320 e. The van der Waals surface area contributed by atoms with Crippen molar-refractivity contribution in [3.63, 3.8) is 0 Å². The Labute approximate surface area is 264 Å². The lowest BCUT2D eigenvalue weighted by Gasteiger charge is -2.24. The molecule has 0 fully saturated rings. The first-order valence-corrected chi connectivity index (χ1v) is 16.6. The van der Waals surface area contributed by atoms with Crippen LogP contribution in [0.4, 0.5) is 13.2 Å². The maximum absolute atomic E-state index is 14.3. The van der Waals surface area contributed by atoms with Gasteiger partial charge >= 0.3 is 13.3 Å². The molecule has 0 unspecified atom stereocenters. The quantitative estimate of drug-likeness (QED) is 0.138. The van der Waals surface area contributed by atoms with Crippen molar-refractivity contribution in [2.24, 2.45) is 0 Å². The van der Waals surface area contributed by atoms with Crippen LogP contribution >= 0.6 is 30.8 Å². The lowest BCUT2D eigenvalue weighted by Crippen LogP contribution is -2.30. The number of aromatic nitrogens is 4. The van der Waals surface area contributed by atoms with Gasteiger partial charge in [0.1, 0.15) is 10.7 Å². The van der Waals surface area contributed by atoms with Crippen LogP contribution in [-0.4, -0.2) is 43.1 Å². The van der Waals surface area contributed by atoms with Crippen molar-refractivity contribution in [1.82, 2.24) is 24.9 Å². The van der Waals surface area contributed by atoms with Crippen LogP contribution in [0.15, 0.2) is 89.8 Å². The molecule has 1 aromatic heterocycles. The van der Waals surface area contributed by atoms with Gasteiger partial charge in [-0.1, -0.05) is 77.8 Å². The fourth-order valence-electron chi connectivity index (χ4n) is 4.44. The summed E-state index contributed by atoms with van der Waals surface area (Å²) < 4.78 is 82.3. The molecule has 45 heavy (non-hydrogen) atoms. The molecule has 234 valence electrons. The van der Waals surface area contributed by atoms with Gasteiger partial charge in [0.2, 0.25) is 15.8 Å². The third-order valence-corrected chi connectivity index (χ3v) is 10.3. The van der Waals surface area contributed by atoms with Gasteiger partial charge in [-0.05, 0) is 57.8 Å². The second-order valence-electron chi connectivity index (χ2n) is 9.76. The van der Waals surface area contributed by atoms with Crippen LogP contribution in [0, 0.1) is 5.82 Å². The van der Waals surface area contributed by atoms with Crippen LogP contribution in [0.2, 0.25) is 10.0 Å². The van der Waals surface area contributed by atoms with Gasteiger partial charge in [-0.15, -0.1) is 10.2 Å². The minimum absolute atomic E-state index is 0.127. The number of aromatic amines is 1. The molecule has 5 aromatic rings. The molecule has 0 bridgehead atoms. The molecule has 10 nitrogen and oxygen atoms in total. The Morgan fingerprint density at radius 3 is 2.13 bits per heavy atom. The van der Waals surface area contributed by atoms with Gasteiger partial charge in [-0.2, -0.15) is 18.3 Å². The molecule has 0 aliphatic carbocycles. The van der Waals surface area contributed by atoms with E-state index in [1.54, 1.807) is 24.3 Å². The number of nitrogens with zero attached hydrogens (tertiary/aromatic N) is 4. The van der Waals surface area contributed by atoms with E-state index in [0.717, 1.165) is 57.4 Å². The number of tetrazole rings is 1. The number of hydrogen-bond acceptors (Lipinski definition) is 6. The van der Waals surface area contributed by atoms with Crippen LogP contribution in [0.5, 0.6) is 0 Å². The molecule has 3 N–H and O–H groups in total. The highest BCUT2D eigenvalue weighted by molar-refractivity contribution is 7.89. The standard InChI is InChI=1S/C28H21Cl2F3N5O5PS/c29-24-12-18(6-10-23(24)28(32,33)44(39,40)41)16-38(45(42,43)26-11-9-22(31)14-25(26)30)15-17-4-7-19(8-5-17)20-2-1-3-21(13-20)27-34-36-37-35-27/h1-14H,15-16H2,(H2,39,40,41)(H,34,35,36,37). The number of rotatable bonds is 10. The summed E-state index contributed by atoms with van der Waals surface area (Å²) in [7, 11) is -10.3. The Morgan fingerprint density at radius 2 is 1.51 bits per heavy atom. The molecular formula is C28H21Cl2F3N5O5PS. The van der Waals surface area contributed by atoms with Crippen molar-refractivity contribution in [3.05, 3.63) is 117 Å². The zero-order valence-corrected chi connectivity index (χ0v) is 25.9. The van der Waals surface area contributed by atoms with Crippen LogP contribution in [-0.2, 0) is 33.3 Å². The third-order valence-electron chi connectivity index (χ3n) is 6.71. The maximum atomic E-state index is 14.3. The number of alkyl halides is 2. The fraction of sp³-hybridized carbons (Fsp3) is 0.107. The van der Waals surface area contributed by atoms with E-state index in [9.17, 15) is 26.2 Å². The first-order chi connectivity index (χ1) is 21.2. The zero-order chi connectivity index (χ0) is 32.6. The van der Waals surface area contributed by atoms with E-state index in [1.807, 2.05) is 24.3 Å². The maximum Gasteiger partial charge on any atom is 0.399 e. The molecule has 0 aliphatic heterocycles. The summed E-state index contributed by atoms with van der Waals surface area (Å²) in [5, 5.41) is 12.9. The molecule has 0 saturated carbocycles. The Balaban J connectivity index is 1.48. The highest BCUT2D eigenvalue weighted by Gasteiger charge is 2.51. The number of benzene rings is 4. The summed E-state index contributed by atoms with van der Waals surface area (Å²) in [6.45, 7) is -0.636. The summed E-state index contributed by atoms with van der Waals surface area (Å²) in [5.41, 5.74) is -2.67. The summed E-state index contributed by atoms with van der Waals surface area (Å²) in [4.78, 5) is 17.8. The number of sulfonamides is 1. The van der Waals surface area contributed by atoms with Crippen LogP contribution in [0.25, 0.3) is 22.5 Å². The number of nitrogens with one attached hydrogen (secondary N) is 1. The molecule has 4 aromatic carbocycles. The molecule has 0 aliphatic rings. The minimum Gasteiger partial charge on any atom is -0.320 e. The highest BCUT2D eigenvalue weighted by Crippen LogP contribution is 2.60. The molecule has 5 rings (SSSR count). The molecule has 0 spiro atoms. The largest absolute Gasteiger partial charge is 0.399 e. The summed E-state index contributed by atoms with van der Waals surface area (Å²) in [6, 6.07) is 19.9. The molecule has 0 amide bonds. The Hall–Kier alpha value is -3.62. The second kappa shape index (κ2) is 12.6. The van der Waals surface area contributed by atoms with Gasteiger partial charge in [0.15, 0.2) is 0 Å². The van der Waals surface area contributed by atoms with E-state index in [4.69, 9.17) is 33.0 Å². The Bertz CT molecular complexity index is 2010. The first-order valence-electron chi connectivity index (χ1n) is 12.8. The summed E-state index contributed by atoms with van der Waals surface area (Å²) in [6.07, 6.45) is 0. The van der Waals surface area contributed by atoms with Crippen molar-refractivity contribution >= 4 is 40.8 Å². The van der Waals surface area contributed by atoms with Crippen LogP contribution in [0.3, 0.4) is 0 Å². The predicted octanol–water partition coefficient (Wildman–Crippen LogP) is 6.60. The molecule has 17 heteroatoms. The van der Waals surface area contributed by atoms with Crippen LogP contribution < -0.4 is 0 Å². The predicted molar refractivity (Wildman–Crippen MR) is 160 cm³/mol. The van der Waals surface area contributed by atoms with Crippen molar-refractivity contribution in [2.45, 2.75) is 23.6 Å². The van der Waals surface area contributed by atoms with Gasteiger partial charge in [0.05, 0.1) is 15.6 Å². The number of hydrogen-bond donors (Lipinski definition) is 3. The van der Waals surface area contributed by atoms with Gasteiger partial charge in [-0.3, -0.25) is 4.57 Å². The molecule has 1 heterocycles. The zero-order valence-electron chi connectivity index (χ0n) is 22.7. The van der Waals surface area contributed by atoms with Crippen molar-refractivity contribution in [3.8, 4) is 22.5 Å².